The normalized spacial score (nSPS) is 58.2. The fraction of sp³-hybridized carbons (Fsp3) is 1.00. The fourth-order valence-corrected chi connectivity index (χ4v) is 5.28. The summed E-state index contributed by atoms with van der Waals surface area (Å²) in [6.45, 7) is 4.94. The van der Waals surface area contributed by atoms with Crippen LogP contribution >= 0.6 is 0 Å². The van der Waals surface area contributed by atoms with Gasteiger partial charge in [0.2, 0.25) is 0 Å². The second kappa shape index (κ2) is 3.31. The molecule has 2 heterocycles. The van der Waals surface area contributed by atoms with Crippen LogP contribution in [0.15, 0.2) is 0 Å². The lowest BCUT2D eigenvalue weighted by molar-refractivity contribution is -0.157. The molecule has 3 aliphatic carbocycles. The van der Waals surface area contributed by atoms with E-state index in [1.54, 1.807) is 0 Å². The average Bonchev–Trinajstić information content (AvgIpc) is 2.74. The first-order valence-corrected chi connectivity index (χ1v) is 7.58. The third-order valence-electron chi connectivity index (χ3n) is 6.23. The Balaban J connectivity index is 1.27. The van der Waals surface area contributed by atoms with Crippen molar-refractivity contribution in [2.75, 3.05) is 19.8 Å². The molecular weight excluding hydrogens is 228 g/mol. The molecule has 7 unspecified atom stereocenters. The van der Waals surface area contributed by atoms with Gasteiger partial charge in [0.1, 0.15) is 0 Å². The van der Waals surface area contributed by atoms with Crippen molar-refractivity contribution in [1.29, 1.82) is 0 Å². The van der Waals surface area contributed by atoms with Gasteiger partial charge in [-0.3, -0.25) is 0 Å². The Bertz CT molecular complexity index is 378. The van der Waals surface area contributed by atoms with Gasteiger partial charge in [-0.2, -0.15) is 0 Å². The molecule has 0 amide bonds. The summed E-state index contributed by atoms with van der Waals surface area (Å²) >= 11 is 0. The third-order valence-corrected chi connectivity index (χ3v) is 6.23. The van der Waals surface area contributed by atoms with Crippen molar-refractivity contribution >= 4 is 0 Å². The van der Waals surface area contributed by atoms with Crippen LogP contribution in [-0.2, 0) is 14.2 Å². The predicted octanol–water partition coefficient (Wildman–Crippen LogP) is 1.85. The van der Waals surface area contributed by atoms with Crippen molar-refractivity contribution in [2.24, 2.45) is 29.1 Å². The maximum atomic E-state index is 6.28. The summed E-state index contributed by atoms with van der Waals surface area (Å²) in [6.07, 6.45) is 5.88. The molecule has 5 aliphatic rings. The van der Waals surface area contributed by atoms with Crippen molar-refractivity contribution in [1.82, 2.24) is 0 Å². The van der Waals surface area contributed by atoms with E-state index in [1.807, 2.05) is 0 Å². The molecule has 0 aromatic heterocycles. The second-order valence-corrected chi connectivity index (χ2v) is 7.66. The molecule has 100 valence electrons. The molecule has 0 aromatic rings. The summed E-state index contributed by atoms with van der Waals surface area (Å²) < 4.78 is 17.4. The van der Waals surface area contributed by atoms with E-state index in [0.29, 0.717) is 23.7 Å². The molecular formula is C15H22O3. The van der Waals surface area contributed by atoms with Gasteiger partial charge in [-0.15, -0.1) is 0 Å². The number of fused-ring (bicyclic) bond motifs is 7. The van der Waals surface area contributed by atoms with E-state index in [1.165, 1.54) is 19.3 Å². The highest BCUT2D eigenvalue weighted by Crippen LogP contribution is 2.64. The molecule has 7 atom stereocenters. The van der Waals surface area contributed by atoms with Crippen LogP contribution in [0, 0.1) is 29.1 Å². The van der Waals surface area contributed by atoms with Gasteiger partial charge in [0.15, 0.2) is 0 Å². The summed E-state index contributed by atoms with van der Waals surface area (Å²) in [5, 5.41) is 0. The first-order valence-electron chi connectivity index (χ1n) is 7.58. The Hall–Kier alpha value is -0.120. The lowest BCUT2D eigenvalue weighted by Crippen LogP contribution is -2.45. The van der Waals surface area contributed by atoms with Gasteiger partial charge in [0.05, 0.1) is 38.1 Å². The molecule has 0 spiro atoms. The topological polar surface area (TPSA) is 31.0 Å². The Morgan fingerprint density at radius 1 is 1.17 bits per heavy atom. The fourth-order valence-electron chi connectivity index (χ4n) is 5.28. The van der Waals surface area contributed by atoms with E-state index in [2.05, 4.69) is 6.92 Å². The lowest BCUT2D eigenvalue weighted by Gasteiger charge is -2.40. The monoisotopic (exact) mass is 250 g/mol. The lowest BCUT2D eigenvalue weighted by atomic mass is 9.79. The minimum atomic E-state index is 0.301. The van der Waals surface area contributed by atoms with Crippen LogP contribution < -0.4 is 0 Å². The van der Waals surface area contributed by atoms with E-state index in [9.17, 15) is 0 Å². The first-order chi connectivity index (χ1) is 8.73. The quantitative estimate of drug-likeness (QED) is 0.716. The van der Waals surface area contributed by atoms with Gasteiger partial charge in [-0.05, 0) is 42.9 Å². The van der Waals surface area contributed by atoms with Crippen LogP contribution in [-0.4, -0.2) is 38.1 Å². The highest BCUT2D eigenvalue weighted by Gasteiger charge is 2.66. The molecule has 2 bridgehead atoms. The number of hydrogen-bond donors (Lipinski definition) is 0. The molecule has 3 heteroatoms. The molecule has 3 nitrogen and oxygen atoms in total. The zero-order valence-electron chi connectivity index (χ0n) is 11.0. The molecule has 2 saturated heterocycles. The highest BCUT2D eigenvalue weighted by molar-refractivity contribution is 5.14. The largest absolute Gasteiger partial charge is 0.380 e. The molecule has 0 radical (unpaired) electrons. The molecule has 0 N–H and O–H groups in total. The van der Waals surface area contributed by atoms with Gasteiger partial charge in [-0.25, -0.2) is 0 Å². The van der Waals surface area contributed by atoms with Crippen LogP contribution in [0.5, 0.6) is 0 Å². The van der Waals surface area contributed by atoms with Crippen LogP contribution in [0.4, 0.5) is 0 Å². The summed E-state index contributed by atoms with van der Waals surface area (Å²) in [5.74, 6) is 3.60. The van der Waals surface area contributed by atoms with E-state index >= 15 is 0 Å². The standard InChI is InChI=1S/C15H22O3/c1-15(5-16-6-15)7-17-11-3-8-2-10(11)13-9(8)4-12-14(13)18-12/h8-14H,2-7H2,1H3. The predicted molar refractivity (Wildman–Crippen MR) is 65.1 cm³/mol. The number of epoxide rings is 1. The maximum absolute atomic E-state index is 6.28. The number of ether oxygens (including phenoxy) is 3. The van der Waals surface area contributed by atoms with Gasteiger partial charge in [-0.1, -0.05) is 6.92 Å². The zero-order chi connectivity index (χ0) is 11.9. The minimum absolute atomic E-state index is 0.301. The Kier molecular flexibility index (Phi) is 1.95. The maximum Gasteiger partial charge on any atom is 0.0876 e. The van der Waals surface area contributed by atoms with E-state index < -0.39 is 0 Å². The van der Waals surface area contributed by atoms with Crippen molar-refractivity contribution < 1.29 is 14.2 Å². The molecule has 18 heavy (non-hydrogen) atoms. The van der Waals surface area contributed by atoms with E-state index in [-0.39, 0.29) is 0 Å². The van der Waals surface area contributed by atoms with Crippen molar-refractivity contribution in [3.8, 4) is 0 Å². The highest BCUT2D eigenvalue weighted by atomic mass is 16.6. The van der Waals surface area contributed by atoms with Gasteiger partial charge < -0.3 is 14.2 Å². The van der Waals surface area contributed by atoms with E-state index in [0.717, 1.165) is 43.5 Å². The van der Waals surface area contributed by atoms with Gasteiger partial charge in [0, 0.05) is 5.41 Å². The van der Waals surface area contributed by atoms with Crippen LogP contribution in [0.25, 0.3) is 0 Å². The Morgan fingerprint density at radius 3 is 2.83 bits per heavy atom. The molecule has 3 saturated carbocycles. The molecule has 0 aromatic carbocycles. The Morgan fingerprint density at radius 2 is 2.06 bits per heavy atom. The molecule has 2 aliphatic heterocycles. The SMILES string of the molecule is CC1(COC2CC3CC2C2C3CC3OC32)COC1. The zero-order valence-corrected chi connectivity index (χ0v) is 11.0. The number of rotatable bonds is 3. The van der Waals surface area contributed by atoms with Crippen molar-refractivity contribution in [3.05, 3.63) is 0 Å². The van der Waals surface area contributed by atoms with Crippen LogP contribution in [0.1, 0.15) is 26.2 Å². The smallest absolute Gasteiger partial charge is 0.0876 e. The molecule has 5 fully saturated rings. The summed E-state index contributed by atoms with van der Waals surface area (Å²) in [4.78, 5) is 0. The van der Waals surface area contributed by atoms with Crippen molar-refractivity contribution in [2.45, 2.75) is 44.5 Å². The third kappa shape index (κ3) is 1.31. The molecule has 5 rings (SSSR count). The second-order valence-electron chi connectivity index (χ2n) is 7.66. The summed E-state index contributed by atoms with van der Waals surface area (Å²) in [7, 11) is 0. The van der Waals surface area contributed by atoms with E-state index in [4.69, 9.17) is 14.2 Å². The Labute approximate surface area is 108 Å². The van der Waals surface area contributed by atoms with Crippen LogP contribution in [0.2, 0.25) is 0 Å². The van der Waals surface area contributed by atoms with Crippen molar-refractivity contribution in [3.63, 3.8) is 0 Å². The first kappa shape index (κ1) is 10.6. The summed E-state index contributed by atoms with van der Waals surface area (Å²) in [5.41, 5.74) is 0.301. The average molecular weight is 250 g/mol. The van der Waals surface area contributed by atoms with Gasteiger partial charge >= 0.3 is 0 Å². The summed E-state index contributed by atoms with van der Waals surface area (Å²) in [6, 6.07) is 0. The van der Waals surface area contributed by atoms with Gasteiger partial charge in [0.25, 0.3) is 0 Å². The van der Waals surface area contributed by atoms with Crippen LogP contribution in [0.3, 0.4) is 0 Å². The minimum Gasteiger partial charge on any atom is -0.380 e. The number of hydrogen-bond acceptors (Lipinski definition) is 3.